The van der Waals surface area contributed by atoms with Crippen molar-refractivity contribution < 1.29 is 0 Å². The molecule has 0 radical (unpaired) electrons. The van der Waals surface area contributed by atoms with Gasteiger partial charge in [0, 0.05) is 12.1 Å². The molecule has 1 aromatic carbocycles. The number of hydrogen-bond donors (Lipinski definition) is 2. The lowest BCUT2D eigenvalue weighted by Gasteiger charge is -2.10. The summed E-state index contributed by atoms with van der Waals surface area (Å²) in [4.78, 5) is 0. The lowest BCUT2D eigenvalue weighted by Crippen LogP contribution is -1.99. The van der Waals surface area contributed by atoms with Crippen molar-refractivity contribution in [3.05, 3.63) is 35.9 Å². The minimum Gasteiger partial charge on any atom is -0.313 e. The highest BCUT2D eigenvalue weighted by molar-refractivity contribution is 5.64. The van der Waals surface area contributed by atoms with Gasteiger partial charge in [0.1, 0.15) is 0 Å². The molecule has 1 unspecified atom stereocenters. The van der Waals surface area contributed by atoms with E-state index in [0.29, 0.717) is 0 Å². The van der Waals surface area contributed by atoms with Gasteiger partial charge in [0.2, 0.25) is 0 Å². The van der Waals surface area contributed by atoms with Gasteiger partial charge in [-0.1, -0.05) is 30.3 Å². The average molecular weight is 188 g/mol. The Bertz CT molecular complexity index is 280. The molecule has 1 atom stereocenters. The molecule has 0 amide bonds. The highest BCUT2D eigenvalue weighted by Gasteiger charge is 2.06. The van der Waals surface area contributed by atoms with Crippen LogP contribution >= 0.6 is 0 Å². The van der Waals surface area contributed by atoms with E-state index in [0.717, 1.165) is 19.3 Å². The normalized spacial score (nSPS) is 12.0. The number of nitrogens with one attached hydrogen (secondary N) is 2. The van der Waals surface area contributed by atoms with E-state index in [1.54, 1.807) is 0 Å². The minimum atomic E-state index is 0.219. The van der Waals surface area contributed by atoms with E-state index in [-0.39, 0.29) is 5.92 Å². The summed E-state index contributed by atoms with van der Waals surface area (Å²) < 4.78 is 0. The predicted octanol–water partition coefficient (Wildman–Crippen LogP) is 3.24. The standard InChI is InChI=1S/C12H16N2/c13-9-5-4-8-12(10-14)11-6-2-1-3-7-11/h1-3,6-7,9-10,12-14H,4-5,8H2. The second-order valence-corrected chi connectivity index (χ2v) is 3.32. The third kappa shape index (κ3) is 3.13. The Morgan fingerprint density at radius 2 is 1.86 bits per heavy atom. The third-order valence-corrected chi connectivity index (χ3v) is 2.29. The molecule has 2 N–H and O–H groups in total. The Hall–Kier alpha value is -1.44. The number of unbranched alkanes of at least 4 members (excludes halogenated alkanes) is 1. The molecule has 0 saturated carbocycles. The van der Waals surface area contributed by atoms with Crippen LogP contribution in [0.2, 0.25) is 0 Å². The van der Waals surface area contributed by atoms with Gasteiger partial charge >= 0.3 is 0 Å². The highest BCUT2D eigenvalue weighted by Crippen LogP contribution is 2.19. The lowest BCUT2D eigenvalue weighted by atomic mass is 9.95. The van der Waals surface area contributed by atoms with E-state index in [1.807, 2.05) is 18.2 Å². The monoisotopic (exact) mass is 188 g/mol. The fourth-order valence-corrected chi connectivity index (χ4v) is 1.49. The topological polar surface area (TPSA) is 47.7 Å². The van der Waals surface area contributed by atoms with Crippen LogP contribution in [0.15, 0.2) is 30.3 Å². The summed E-state index contributed by atoms with van der Waals surface area (Å²) >= 11 is 0. The molecule has 2 nitrogen and oxygen atoms in total. The van der Waals surface area contributed by atoms with Gasteiger partial charge in [-0.3, -0.25) is 0 Å². The molecule has 0 bridgehead atoms. The van der Waals surface area contributed by atoms with Gasteiger partial charge in [0.25, 0.3) is 0 Å². The predicted molar refractivity (Wildman–Crippen MR) is 60.6 cm³/mol. The summed E-state index contributed by atoms with van der Waals surface area (Å²) in [5.74, 6) is 0.219. The van der Waals surface area contributed by atoms with E-state index in [4.69, 9.17) is 10.8 Å². The Kier molecular flexibility index (Phi) is 4.62. The molecule has 0 fully saturated rings. The van der Waals surface area contributed by atoms with Gasteiger partial charge in [0.05, 0.1) is 0 Å². The van der Waals surface area contributed by atoms with E-state index >= 15 is 0 Å². The van der Waals surface area contributed by atoms with Crippen LogP contribution in [0.5, 0.6) is 0 Å². The number of hydrogen-bond acceptors (Lipinski definition) is 2. The summed E-state index contributed by atoms with van der Waals surface area (Å²) in [5, 5.41) is 14.3. The summed E-state index contributed by atoms with van der Waals surface area (Å²) in [6.45, 7) is 0. The Morgan fingerprint density at radius 3 is 2.43 bits per heavy atom. The first kappa shape index (κ1) is 10.6. The first-order valence-corrected chi connectivity index (χ1v) is 4.93. The van der Waals surface area contributed by atoms with Crippen molar-refractivity contribution in [1.29, 1.82) is 10.8 Å². The number of benzene rings is 1. The second kappa shape index (κ2) is 6.08. The van der Waals surface area contributed by atoms with Gasteiger partial charge in [0.15, 0.2) is 0 Å². The molecule has 0 spiro atoms. The van der Waals surface area contributed by atoms with Crippen LogP contribution in [0.3, 0.4) is 0 Å². The van der Waals surface area contributed by atoms with Crippen molar-refractivity contribution in [2.75, 3.05) is 0 Å². The molecule has 0 aliphatic rings. The van der Waals surface area contributed by atoms with Crippen LogP contribution < -0.4 is 0 Å². The second-order valence-electron chi connectivity index (χ2n) is 3.32. The summed E-state index contributed by atoms with van der Waals surface area (Å²) in [6.07, 6.45) is 5.70. The van der Waals surface area contributed by atoms with Crippen LogP contribution in [0.1, 0.15) is 30.7 Å². The Morgan fingerprint density at radius 1 is 1.14 bits per heavy atom. The van der Waals surface area contributed by atoms with Crippen LogP contribution in [0.4, 0.5) is 0 Å². The van der Waals surface area contributed by atoms with Crippen LogP contribution in [-0.2, 0) is 0 Å². The van der Waals surface area contributed by atoms with Crippen LogP contribution in [-0.4, -0.2) is 12.4 Å². The third-order valence-electron chi connectivity index (χ3n) is 2.29. The number of rotatable bonds is 6. The van der Waals surface area contributed by atoms with E-state index < -0.39 is 0 Å². The zero-order valence-corrected chi connectivity index (χ0v) is 8.24. The quantitative estimate of drug-likeness (QED) is 0.508. The van der Waals surface area contributed by atoms with Gasteiger partial charge in [-0.25, -0.2) is 0 Å². The smallest absolute Gasteiger partial charge is 0.0186 e. The molecular formula is C12H16N2. The van der Waals surface area contributed by atoms with Crippen LogP contribution in [0.25, 0.3) is 0 Å². The maximum absolute atomic E-state index is 7.35. The molecule has 14 heavy (non-hydrogen) atoms. The van der Waals surface area contributed by atoms with Crippen molar-refractivity contribution in [2.45, 2.75) is 25.2 Å². The molecule has 0 aliphatic heterocycles. The molecule has 0 saturated heterocycles. The summed E-state index contributed by atoms with van der Waals surface area (Å²) in [7, 11) is 0. The summed E-state index contributed by atoms with van der Waals surface area (Å²) in [5.41, 5.74) is 1.20. The molecule has 2 heteroatoms. The molecule has 0 aliphatic carbocycles. The fraction of sp³-hybridized carbons (Fsp3) is 0.333. The van der Waals surface area contributed by atoms with Gasteiger partial charge < -0.3 is 10.8 Å². The highest BCUT2D eigenvalue weighted by atomic mass is 14.4. The van der Waals surface area contributed by atoms with E-state index in [1.165, 1.54) is 18.0 Å². The van der Waals surface area contributed by atoms with Crippen molar-refractivity contribution >= 4 is 12.4 Å². The first-order valence-electron chi connectivity index (χ1n) is 4.93. The molecule has 74 valence electrons. The van der Waals surface area contributed by atoms with Crippen molar-refractivity contribution in [1.82, 2.24) is 0 Å². The maximum Gasteiger partial charge on any atom is 0.0186 e. The average Bonchev–Trinajstić information content (AvgIpc) is 2.26. The zero-order valence-electron chi connectivity index (χ0n) is 8.24. The SMILES string of the molecule is N=CCCCC(C=N)c1ccccc1. The fourth-order valence-electron chi connectivity index (χ4n) is 1.49. The van der Waals surface area contributed by atoms with Crippen molar-refractivity contribution in [2.24, 2.45) is 0 Å². The van der Waals surface area contributed by atoms with Crippen LogP contribution in [0, 0.1) is 10.8 Å². The van der Waals surface area contributed by atoms with Gasteiger partial charge in [-0.05, 0) is 31.0 Å². The van der Waals surface area contributed by atoms with Crippen molar-refractivity contribution in [3.8, 4) is 0 Å². The largest absolute Gasteiger partial charge is 0.313 e. The molecule has 0 heterocycles. The Balaban J connectivity index is 2.54. The molecule has 1 rings (SSSR count). The Labute approximate surface area is 85.0 Å². The maximum atomic E-state index is 7.35. The molecule has 0 aromatic heterocycles. The van der Waals surface area contributed by atoms with E-state index in [9.17, 15) is 0 Å². The lowest BCUT2D eigenvalue weighted by molar-refractivity contribution is 0.728. The minimum absolute atomic E-state index is 0.219. The zero-order chi connectivity index (χ0) is 10.2. The van der Waals surface area contributed by atoms with E-state index in [2.05, 4.69) is 12.1 Å². The molecular weight excluding hydrogens is 172 g/mol. The molecule has 1 aromatic rings. The van der Waals surface area contributed by atoms with Gasteiger partial charge in [-0.15, -0.1) is 0 Å². The van der Waals surface area contributed by atoms with Gasteiger partial charge in [-0.2, -0.15) is 0 Å². The summed E-state index contributed by atoms with van der Waals surface area (Å²) in [6, 6.07) is 10.1. The van der Waals surface area contributed by atoms with Crippen molar-refractivity contribution in [3.63, 3.8) is 0 Å². The first-order chi connectivity index (χ1) is 6.88.